The Morgan fingerprint density at radius 2 is 1.82 bits per heavy atom. The highest BCUT2D eigenvalue weighted by atomic mass is 32.2. The van der Waals surface area contributed by atoms with Crippen molar-refractivity contribution in [2.45, 2.75) is 37.5 Å². The van der Waals surface area contributed by atoms with E-state index in [0.29, 0.717) is 31.7 Å². The molecule has 1 aliphatic rings. The number of likely N-dealkylation sites (tertiary alicyclic amines) is 1. The number of sulfonamides is 1. The largest absolute Gasteiger partial charge is 0.466 e. The molecule has 188 valence electrons. The summed E-state index contributed by atoms with van der Waals surface area (Å²) >= 11 is 0. The SMILES string of the molecule is CC(=O)OCCCCN(CC1CCN(C(=O)O)CC1)S(=O)(=O)c1ccc([N+](=O)[O-])cc1[N+](=O)[O-]. The van der Waals surface area contributed by atoms with Crippen LogP contribution in [0.25, 0.3) is 0 Å². The Labute approximate surface area is 195 Å². The summed E-state index contributed by atoms with van der Waals surface area (Å²) in [4.78, 5) is 43.3. The normalized spacial score (nSPS) is 14.7. The lowest BCUT2D eigenvalue weighted by Crippen LogP contribution is -2.42. The molecule has 0 aromatic heterocycles. The van der Waals surface area contributed by atoms with Crippen LogP contribution in [0.3, 0.4) is 0 Å². The van der Waals surface area contributed by atoms with E-state index in [0.717, 1.165) is 16.4 Å². The van der Waals surface area contributed by atoms with Crippen LogP contribution in [-0.2, 0) is 19.6 Å². The molecule has 0 atom stereocenters. The Hall–Kier alpha value is -3.33. The Morgan fingerprint density at radius 3 is 2.35 bits per heavy atom. The Kier molecular flexibility index (Phi) is 9.26. The molecule has 0 unspecified atom stereocenters. The highest BCUT2D eigenvalue weighted by molar-refractivity contribution is 7.89. The van der Waals surface area contributed by atoms with Gasteiger partial charge in [-0.05, 0) is 37.7 Å². The van der Waals surface area contributed by atoms with Crippen LogP contribution in [-0.4, -0.2) is 77.4 Å². The molecule has 0 saturated carbocycles. The van der Waals surface area contributed by atoms with E-state index in [1.807, 2.05) is 0 Å². The molecule has 0 bridgehead atoms. The van der Waals surface area contributed by atoms with Gasteiger partial charge in [-0.2, -0.15) is 4.31 Å². The maximum Gasteiger partial charge on any atom is 0.407 e. The van der Waals surface area contributed by atoms with Crippen LogP contribution in [0.1, 0.15) is 32.6 Å². The van der Waals surface area contributed by atoms with Gasteiger partial charge in [-0.25, -0.2) is 13.2 Å². The van der Waals surface area contributed by atoms with Crippen molar-refractivity contribution in [1.29, 1.82) is 0 Å². The van der Waals surface area contributed by atoms with Crippen LogP contribution in [0.15, 0.2) is 23.1 Å². The number of non-ortho nitro benzene ring substituents is 1. The second kappa shape index (κ2) is 11.7. The van der Waals surface area contributed by atoms with Crippen LogP contribution < -0.4 is 0 Å². The molecular weight excluding hydrogens is 476 g/mol. The number of unbranched alkanes of at least 4 members (excludes halogenated alkanes) is 1. The number of nitrogens with zero attached hydrogens (tertiary/aromatic N) is 4. The molecule has 0 spiro atoms. The smallest absolute Gasteiger partial charge is 0.407 e. The third kappa shape index (κ3) is 7.08. The number of benzene rings is 1. The average molecular weight is 503 g/mol. The van der Waals surface area contributed by atoms with Crippen LogP contribution in [0.2, 0.25) is 0 Å². The maximum absolute atomic E-state index is 13.4. The van der Waals surface area contributed by atoms with Crippen molar-refractivity contribution >= 4 is 33.5 Å². The molecule has 0 radical (unpaired) electrons. The van der Waals surface area contributed by atoms with Gasteiger partial charge >= 0.3 is 12.1 Å². The molecule has 1 aromatic rings. The topological polar surface area (TPSA) is 190 Å². The van der Waals surface area contributed by atoms with Gasteiger partial charge in [-0.1, -0.05) is 0 Å². The van der Waals surface area contributed by atoms with Gasteiger partial charge in [-0.3, -0.25) is 25.0 Å². The summed E-state index contributed by atoms with van der Waals surface area (Å²) in [5.74, 6) is -0.660. The fourth-order valence-corrected chi connectivity index (χ4v) is 5.32. The number of carboxylic acid groups (broad SMARTS) is 1. The van der Waals surface area contributed by atoms with Crippen molar-refractivity contribution in [2.75, 3.05) is 32.8 Å². The van der Waals surface area contributed by atoms with Gasteiger partial charge in [0.1, 0.15) is 0 Å². The summed E-state index contributed by atoms with van der Waals surface area (Å²) in [5.41, 5.74) is -1.51. The summed E-state index contributed by atoms with van der Waals surface area (Å²) in [6.07, 6.45) is 0.407. The molecule has 2 rings (SSSR count). The van der Waals surface area contributed by atoms with Gasteiger partial charge in [0.05, 0.1) is 22.5 Å². The zero-order valence-corrected chi connectivity index (χ0v) is 19.3. The predicted molar refractivity (Wildman–Crippen MR) is 117 cm³/mol. The van der Waals surface area contributed by atoms with E-state index in [9.17, 15) is 38.2 Å². The number of esters is 1. The molecule has 1 N–H and O–H groups in total. The zero-order chi connectivity index (χ0) is 25.5. The third-order valence-corrected chi connectivity index (χ3v) is 7.33. The minimum absolute atomic E-state index is 0.00248. The van der Waals surface area contributed by atoms with E-state index in [-0.39, 0.29) is 38.7 Å². The van der Waals surface area contributed by atoms with Crippen molar-refractivity contribution < 1.29 is 37.7 Å². The van der Waals surface area contributed by atoms with Gasteiger partial charge in [-0.15, -0.1) is 0 Å². The van der Waals surface area contributed by atoms with E-state index < -0.39 is 48.2 Å². The molecule has 1 saturated heterocycles. The van der Waals surface area contributed by atoms with E-state index in [2.05, 4.69) is 0 Å². The summed E-state index contributed by atoms with van der Waals surface area (Å²) < 4.78 is 32.8. The second-order valence-corrected chi connectivity index (χ2v) is 9.70. The fraction of sp³-hybridized carbons (Fsp3) is 0.579. The zero-order valence-electron chi connectivity index (χ0n) is 18.5. The number of hydrogen-bond acceptors (Lipinski definition) is 9. The number of carbonyl (C=O) groups is 2. The first-order valence-electron chi connectivity index (χ1n) is 10.5. The number of carbonyl (C=O) groups excluding carboxylic acids is 1. The average Bonchev–Trinajstić information content (AvgIpc) is 2.77. The lowest BCUT2D eigenvalue weighted by molar-refractivity contribution is -0.396. The van der Waals surface area contributed by atoms with Gasteiger partial charge in [0.25, 0.3) is 11.4 Å². The van der Waals surface area contributed by atoms with Gasteiger partial charge in [0.15, 0.2) is 4.90 Å². The molecule has 1 fully saturated rings. The molecule has 1 aromatic carbocycles. The van der Waals surface area contributed by atoms with E-state index in [1.54, 1.807) is 0 Å². The monoisotopic (exact) mass is 502 g/mol. The number of hydrogen-bond donors (Lipinski definition) is 1. The third-order valence-electron chi connectivity index (χ3n) is 5.42. The van der Waals surface area contributed by atoms with Crippen LogP contribution in [0.4, 0.5) is 16.2 Å². The second-order valence-electron chi connectivity index (χ2n) is 7.79. The minimum Gasteiger partial charge on any atom is -0.466 e. The van der Waals surface area contributed by atoms with Crippen molar-refractivity contribution in [2.24, 2.45) is 5.92 Å². The quantitative estimate of drug-likeness (QED) is 0.203. The number of nitro benzene ring substituents is 2. The predicted octanol–water partition coefficient (Wildman–Crippen LogP) is 2.23. The summed E-state index contributed by atoms with van der Waals surface area (Å²) in [5, 5.41) is 31.6. The highest BCUT2D eigenvalue weighted by Gasteiger charge is 2.35. The lowest BCUT2D eigenvalue weighted by atomic mass is 9.97. The molecule has 1 heterocycles. The van der Waals surface area contributed by atoms with Crippen molar-refractivity contribution in [3.8, 4) is 0 Å². The molecule has 34 heavy (non-hydrogen) atoms. The standard InChI is InChI=1S/C19H26N4O10S/c1-14(24)33-11-3-2-8-21(13-15-6-9-20(10-7-15)19(25)26)34(31,32)18-5-4-16(22(27)28)12-17(18)23(29)30/h4-5,12,15H,2-3,6-11,13H2,1H3,(H,25,26). The van der Waals surface area contributed by atoms with Crippen LogP contribution in [0, 0.1) is 26.1 Å². The van der Waals surface area contributed by atoms with E-state index in [1.165, 1.54) is 11.8 Å². The Balaban J connectivity index is 2.29. The van der Waals surface area contributed by atoms with Gasteiger partial charge in [0.2, 0.25) is 10.0 Å². The number of ether oxygens (including phenoxy) is 1. The Morgan fingerprint density at radius 1 is 1.18 bits per heavy atom. The van der Waals surface area contributed by atoms with E-state index >= 15 is 0 Å². The maximum atomic E-state index is 13.4. The first kappa shape index (κ1) is 26.9. The van der Waals surface area contributed by atoms with Crippen molar-refractivity contribution in [3.63, 3.8) is 0 Å². The number of piperidine rings is 1. The molecular formula is C19H26N4O10S. The summed E-state index contributed by atoms with van der Waals surface area (Å²) in [6, 6.07) is 2.35. The fourth-order valence-electron chi connectivity index (χ4n) is 3.63. The van der Waals surface area contributed by atoms with Crippen molar-refractivity contribution in [3.05, 3.63) is 38.4 Å². The van der Waals surface area contributed by atoms with E-state index in [4.69, 9.17) is 9.84 Å². The number of rotatable bonds is 11. The summed E-state index contributed by atoms with van der Waals surface area (Å²) in [7, 11) is -4.42. The van der Waals surface area contributed by atoms with Crippen LogP contribution >= 0.6 is 0 Å². The number of nitro groups is 2. The highest BCUT2D eigenvalue weighted by Crippen LogP contribution is 2.32. The molecule has 14 nitrogen and oxygen atoms in total. The van der Waals surface area contributed by atoms with Crippen molar-refractivity contribution in [1.82, 2.24) is 9.21 Å². The molecule has 0 aliphatic carbocycles. The first-order valence-corrected chi connectivity index (χ1v) is 11.9. The number of amides is 1. The molecule has 1 amide bonds. The molecule has 15 heteroatoms. The Bertz CT molecular complexity index is 1040. The first-order chi connectivity index (χ1) is 15.9. The van der Waals surface area contributed by atoms with Crippen LogP contribution in [0.5, 0.6) is 0 Å². The van der Waals surface area contributed by atoms with Gasteiger partial charge < -0.3 is 14.7 Å². The molecule has 1 aliphatic heterocycles. The summed E-state index contributed by atoms with van der Waals surface area (Å²) in [6.45, 7) is 1.76. The lowest BCUT2D eigenvalue weighted by Gasteiger charge is -2.33. The van der Waals surface area contributed by atoms with Gasteiger partial charge in [0, 0.05) is 39.2 Å². The minimum atomic E-state index is -4.42.